The molecule has 19 heavy (non-hydrogen) atoms. The number of amides is 1. The Morgan fingerprint density at radius 3 is 2.21 bits per heavy atom. The van der Waals surface area contributed by atoms with Crippen molar-refractivity contribution < 1.29 is 4.79 Å². The van der Waals surface area contributed by atoms with Crippen LogP contribution in [-0.2, 0) is 4.79 Å². The van der Waals surface area contributed by atoms with Crippen LogP contribution in [0.25, 0.3) is 0 Å². The number of hydrogen-bond donors (Lipinski definition) is 1. The van der Waals surface area contributed by atoms with Gasteiger partial charge in [0.25, 0.3) is 0 Å². The molecule has 1 aliphatic heterocycles. The Hall–Kier alpha value is -0.570. The van der Waals surface area contributed by atoms with Crippen LogP contribution in [0.1, 0.15) is 65.2 Å². The van der Waals surface area contributed by atoms with E-state index in [0.717, 1.165) is 13.1 Å². The number of nitrogens with two attached hydrogens (primary N) is 1. The van der Waals surface area contributed by atoms with Crippen molar-refractivity contribution in [2.24, 2.45) is 17.1 Å². The summed E-state index contributed by atoms with van der Waals surface area (Å²) >= 11 is 0. The van der Waals surface area contributed by atoms with Gasteiger partial charge in [-0.25, -0.2) is 0 Å². The summed E-state index contributed by atoms with van der Waals surface area (Å²) in [5, 5.41) is 0. The van der Waals surface area contributed by atoms with E-state index in [1.807, 2.05) is 0 Å². The molecule has 3 heteroatoms. The summed E-state index contributed by atoms with van der Waals surface area (Å²) in [5.74, 6) is 0.658. The average molecular weight is 266 g/mol. The fourth-order valence-corrected chi connectivity index (χ4v) is 3.60. The number of rotatable bonds is 3. The highest BCUT2D eigenvalue weighted by Crippen LogP contribution is 2.44. The predicted octanol–water partition coefficient (Wildman–Crippen LogP) is 2.93. The van der Waals surface area contributed by atoms with Crippen LogP contribution < -0.4 is 5.73 Å². The van der Waals surface area contributed by atoms with Crippen molar-refractivity contribution in [2.45, 2.75) is 71.3 Å². The zero-order valence-electron chi connectivity index (χ0n) is 12.7. The normalized spacial score (nSPS) is 24.7. The lowest BCUT2D eigenvalue weighted by atomic mass is 9.68. The quantitative estimate of drug-likeness (QED) is 0.853. The lowest BCUT2D eigenvalue weighted by Gasteiger charge is -2.44. The molecular weight excluding hydrogens is 236 g/mol. The Morgan fingerprint density at radius 1 is 1.11 bits per heavy atom. The molecule has 1 amide bonds. The van der Waals surface area contributed by atoms with Crippen LogP contribution in [0.4, 0.5) is 0 Å². The number of hydrogen-bond acceptors (Lipinski definition) is 2. The van der Waals surface area contributed by atoms with Gasteiger partial charge in [-0.15, -0.1) is 0 Å². The van der Waals surface area contributed by atoms with Gasteiger partial charge in [-0.3, -0.25) is 4.79 Å². The molecule has 3 nitrogen and oxygen atoms in total. The second-order valence-corrected chi connectivity index (χ2v) is 7.05. The molecule has 1 unspecified atom stereocenters. The third-order valence-electron chi connectivity index (χ3n) is 5.36. The maximum Gasteiger partial charge on any atom is 0.224 e. The molecule has 1 atom stereocenters. The van der Waals surface area contributed by atoms with Crippen molar-refractivity contribution in [2.75, 3.05) is 13.1 Å². The van der Waals surface area contributed by atoms with Gasteiger partial charge in [0.15, 0.2) is 0 Å². The highest BCUT2D eigenvalue weighted by atomic mass is 16.2. The van der Waals surface area contributed by atoms with Gasteiger partial charge in [-0.2, -0.15) is 0 Å². The van der Waals surface area contributed by atoms with Crippen LogP contribution in [0.5, 0.6) is 0 Å². The largest absolute Gasteiger partial charge is 0.343 e. The number of piperidine rings is 1. The fourth-order valence-electron chi connectivity index (χ4n) is 3.60. The molecule has 1 aliphatic carbocycles. The maximum absolute atomic E-state index is 12.2. The van der Waals surface area contributed by atoms with Gasteiger partial charge in [-0.05, 0) is 37.0 Å². The van der Waals surface area contributed by atoms with Crippen LogP contribution in [0.3, 0.4) is 0 Å². The van der Waals surface area contributed by atoms with E-state index in [9.17, 15) is 4.79 Å². The molecule has 2 aliphatic rings. The number of carbonyl (C=O) groups excluding carboxylic acids is 1. The van der Waals surface area contributed by atoms with Crippen molar-refractivity contribution in [3.63, 3.8) is 0 Å². The maximum atomic E-state index is 12.2. The average Bonchev–Trinajstić information content (AvgIpc) is 2.40. The minimum absolute atomic E-state index is 0.0121. The standard InChI is InChI=1S/C16H30N2O/c1-13(2)14(17)12-15(19)18-10-8-16(9-11-18)6-4-3-5-7-16/h13-14H,3-12,17H2,1-2H3. The molecule has 0 radical (unpaired) electrons. The molecule has 0 aromatic carbocycles. The lowest BCUT2D eigenvalue weighted by molar-refractivity contribution is -0.134. The summed E-state index contributed by atoms with van der Waals surface area (Å²) in [6.07, 6.45) is 9.93. The highest BCUT2D eigenvalue weighted by Gasteiger charge is 2.36. The topological polar surface area (TPSA) is 46.3 Å². The van der Waals surface area contributed by atoms with E-state index < -0.39 is 0 Å². The van der Waals surface area contributed by atoms with Crippen LogP contribution in [0, 0.1) is 11.3 Å². The Morgan fingerprint density at radius 2 is 1.68 bits per heavy atom. The smallest absolute Gasteiger partial charge is 0.224 e. The molecule has 1 saturated carbocycles. The second kappa shape index (κ2) is 6.25. The minimum Gasteiger partial charge on any atom is -0.343 e. The molecule has 0 aromatic heterocycles. The summed E-state index contributed by atoms with van der Waals surface area (Å²) < 4.78 is 0. The summed E-state index contributed by atoms with van der Waals surface area (Å²) in [6, 6.07) is 0.0121. The first-order valence-electron chi connectivity index (χ1n) is 8.06. The third kappa shape index (κ3) is 3.71. The zero-order valence-corrected chi connectivity index (χ0v) is 12.7. The number of carbonyl (C=O) groups is 1. The van der Waals surface area contributed by atoms with E-state index in [0.29, 0.717) is 17.8 Å². The van der Waals surface area contributed by atoms with Crippen molar-refractivity contribution in [3.8, 4) is 0 Å². The van der Waals surface area contributed by atoms with Gasteiger partial charge in [0.2, 0.25) is 5.91 Å². The molecule has 110 valence electrons. The number of likely N-dealkylation sites (tertiary alicyclic amines) is 1. The van der Waals surface area contributed by atoms with E-state index >= 15 is 0 Å². The Bertz CT molecular complexity index is 298. The van der Waals surface area contributed by atoms with Gasteiger partial charge in [0.05, 0.1) is 0 Å². The van der Waals surface area contributed by atoms with Gasteiger partial charge in [0, 0.05) is 25.6 Å². The minimum atomic E-state index is 0.0121. The van der Waals surface area contributed by atoms with E-state index in [-0.39, 0.29) is 11.9 Å². The second-order valence-electron chi connectivity index (χ2n) is 7.05. The van der Waals surface area contributed by atoms with Crippen molar-refractivity contribution >= 4 is 5.91 Å². The predicted molar refractivity (Wildman–Crippen MR) is 78.8 cm³/mol. The molecule has 2 rings (SSSR count). The highest BCUT2D eigenvalue weighted by molar-refractivity contribution is 5.77. The zero-order chi connectivity index (χ0) is 13.9. The fraction of sp³-hybridized carbons (Fsp3) is 0.938. The first-order chi connectivity index (χ1) is 9.02. The molecule has 0 aromatic rings. The lowest BCUT2D eigenvalue weighted by Crippen LogP contribution is -2.45. The molecular formula is C16H30N2O. The van der Waals surface area contributed by atoms with Crippen LogP contribution in [0.2, 0.25) is 0 Å². The summed E-state index contributed by atoms with van der Waals surface area (Å²) in [5.41, 5.74) is 6.59. The van der Waals surface area contributed by atoms with Crippen LogP contribution in [-0.4, -0.2) is 29.9 Å². The van der Waals surface area contributed by atoms with Crippen LogP contribution >= 0.6 is 0 Å². The summed E-state index contributed by atoms with van der Waals surface area (Å²) in [7, 11) is 0. The van der Waals surface area contributed by atoms with Crippen LogP contribution in [0.15, 0.2) is 0 Å². The molecule has 0 bridgehead atoms. The molecule has 1 saturated heterocycles. The Balaban J connectivity index is 1.80. The Kier molecular flexibility index (Phi) is 4.88. The van der Waals surface area contributed by atoms with E-state index in [1.165, 1.54) is 44.9 Å². The SMILES string of the molecule is CC(C)C(N)CC(=O)N1CCC2(CCCCC2)CC1. The molecule has 2 fully saturated rings. The van der Waals surface area contributed by atoms with E-state index in [1.54, 1.807) is 0 Å². The first-order valence-corrected chi connectivity index (χ1v) is 8.06. The summed E-state index contributed by atoms with van der Waals surface area (Å²) in [4.78, 5) is 14.3. The molecule has 1 spiro atoms. The molecule has 1 heterocycles. The third-order valence-corrected chi connectivity index (χ3v) is 5.36. The Labute approximate surface area is 117 Å². The van der Waals surface area contributed by atoms with Crippen molar-refractivity contribution in [3.05, 3.63) is 0 Å². The first kappa shape index (κ1) is 14.8. The van der Waals surface area contributed by atoms with Crippen molar-refractivity contribution in [1.29, 1.82) is 0 Å². The van der Waals surface area contributed by atoms with Crippen molar-refractivity contribution in [1.82, 2.24) is 4.90 Å². The van der Waals surface area contributed by atoms with Gasteiger partial charge in [0.1, 0.15) is 0 Å². The van der Waals surface area contributed by atoms with E-state index in [4.69, 9.17) is 5.73 Å². The van der Waals surface area contributed by atoms with Gasteiger partial charge >= 0.3 is 0 Å². The summed E-state index contributed by atoms with van der Waals surface area (Å²) in [6.45, 7) is 6.10. The number of nitrogens with zero attached hydrogens (tertiary/aromatic N) is 1. The molecule has 2 N–H and O–H groups in total. The van der Waals surface area contributed by atoms with E-state index in [2.05, 4.69) is 18.7 Å². The van der Waals surface area contributed by atoms with Gasteiger partial charge < -0.3 is 10.6 Å². The van der Waals surface area contributed by atoms with Gasteiger partial charge in [-0.1, -0.05) is 33.1 Å². The monoisotopic (exact) mass is 266 g/mol.